The van der Waals surface area contributed by atoms with Crippen molar-refractivity contribution in [3.63, 3.8) is 0 Å². The van der Waals surface area contributed by atoms with Gasteiger partial charge in [0.1, 0.15) is 0 Å². The molecule has 0 aliphatic rings. The summed E-state index contributed by atoms with van der Waals surface area (Å²) in [5.41, 5.74) is 3.55. The normalized spacial score (nSPS) is 12.8. The fourth-order valence-corrected chi connectivity index (χ4v) is 3.76. The number of benzene rings is 1. The number of hydrogen-bond acceptors (Lipinski definition) is 4. The zero-order valence-electron chi connectivity index (χ0n) is 17.3. The van der Waals surface area contributed by atoms with Crippen molar-refractivity contribution in [3.8, 4) is 5.69 Å². The minimum absolute atomic E-state index is 0.256. The molecule has 0 amide bonds. The molecule has 150 valence electrons. The molecule has 8 nitrogen and oxygen atoms in total. The largest absolute Gasteiger partial charge is 0.333 e. The molecular weight excluding hydrogens is 370 g/mol. The topological polar surface area (TPSA) is 83.3 Å². The molecule has 0 radical (unpaired) electrons. The zero-order valence-corrected chi connectivity index (χ0v) is 17.3. The number of carbonyl (C=O) groups is 1. The zero-order chi connectivity index (χ0) is 21.2. The summed E-state index contributed by atoms with van der Waals surface area (Å²) in [6.07, 6.45) is 1.83. The van der Waals surface area contributed by atoms with Crippen LogP contribution >= 0.6 is 0 Å². The summed E-state index contributed by atoms with van der Waals surface area (Å²) >= 11 is 0. The van der Waals surface area contributed by atoms with E-state index in [-0.39, 0.29) is 11.3 Å². The Labute approximate surface area is 166 Å². The van der Waals surface area contributed by atoms with Gasteiger partial charge in [-0.15, -0.1) is 0 Å². The Morgan fingerprint density at radius 3 is 2.48 bits per heavy atom. The van der Waals surface area contributed by atoms with Crippen molar-refractivity contribution in [2.45, 2.75) is 40.7 Å². The number of rotatable bonds is 3. The van der Waals surface area contributed by atoms with E-state index in [9.17, 15) is 14.4 Å². The molecule has 0 saturated heterocycles. The van der Waals surface area contributed by atoms with E-state index in [2.05, 4.69) is 11.1 Å². The fraction of sp³-hybridized carbons (Fsp3) is 0.333. The molecule has 4 rings (SSSR count). The molecule has 3 heterocycles. The van der Waals surface area contributed by atoms with Gasteiger partial charge in [-0.25, -0.2) is 9.36 Å². The molecular formula is C21H23N5O3. The van der Waals surface area contributed by atoms with E-state index in [1.54, 1.807) is 18.4 Å². The summed E-state index contributed by atoms with van der Waals surface area (Å²) < 4.78 is 6.01. The molecule has 0 aliphatic carbocycles. The highest BCUT2D eigenvalue weighted by Crippen LogP contribution is 2.24. The van der Waals surface area contributed by atoms with Crippen LogP contribution < -0.4 is 11.2 Å². The average Bonchev–Trinajstić information content (AvgIpc) is 3.16. The first kappa shape index (κ1) is 18.9. The van der Waals surface area contributed by atoms with Crippen molar-refractivity contribution in [2.24, 2.45) is 7.05 Å². The van der Waals surface area contributed by atoms with Crippen LogP contribution in [0.1, 0.15) is 36.7 Å². The third-order valence-corrected chi connectivity index (χ3v) is 5.56. The maximum Gasteiger partial charge on any atom is 0.333 e. The van der Waals surface area contributed by atoms with Gasteiger partial charge in [-0.05, 0) is 51.8 Å². The van der Waals surface area contributed by atoms with Gasteiger partial charge in [-0.3, -0.25) is 23.1 Å². The summed E-state index contributed by atoms with van der Waals surface area (Å²) in [6.45, 7) is 8.91. The first-order valence-corrected chi connectivity index (χ1v) is 9.43. The summed E-state index contributed by atoms with van der Waals surface area (Å²) in [7, 11) is 1.56. The number of imidazole rings is 2. The van der Waals surface area contributed by atoms with Crippen LogP contribution in [0.15, 0.2) is 34.0 Å². The van der Waals surface area contributed by atoms with Gasteiger partial charge in [0.05, 0.1) is 11.7 Å². The molecule has 0 fully saturated rings. The van der Waals surface area contributed by atoms with E-state index in [1.807, 2.05) is 43.7 Å². The lowest BCUT2D eigenvalue weighted by Crippen LogP contribution is -2.42. The summed E-state index contributed by atoms with van der Waals surface area (Å²) in [5, 5.41) is 0. The lowest BCUT2D eigenvalue weighted by atomic mass is 10.1. The monoisotopic (exact) mass is 393 g/mol. The van der Waals surface area contributed by atoms with Crippen LogP contribution in [-0.4, -0.2) is 28.9 Å². The number of Topliss-reactive ketones (excluding diaryl/α,β-unsaturated/α-hetero) is 1. The molecule has 0 spiro atoms. The minimum Gasteiger partial charge on any atom is -0.298 e. The molecule has 1 aromatic carbocycles. The minimum atomic E-state index is -0.849. The molecule has 0 N–H and O–H groups in total. The molecule has 4 aromatic rings. The smallest absolute Gasteiger partial charge is 0.298 e. The number of ketones is 1. The number of aromatic nitrogens is 5. The van der Waals surface area contributed by atoms with Crippen LogP contribution in [0, 0.1) is 20.8 Å². The molecule has 29 heavy (non-hydrogen) atoms. The quantitative estimate of drug-likeness (QED) is 0.534. The lowest BCUT2D eigenvalue weighted by molar-refractivity contribution is -0.119. The molecule has 1 atom stereocenters. The highest BCUT2D eigenvalue weighted by molar-refractivity contribution is 5.81. The molecule has 0 unspecified atom stereocenters. The van der Waals surface area contributed by atoms with Gasteiger partial charge in [0, 0.05) is 18.9 Å². The van der Waals surface area contributed by atoms with Gasteiger partial charge in [-0.1, -0.05) is 12.1 Å². The van der Waals surface area contributed by atoms with Crippen LogP contribution in [-0.2, 0) is 11.8 Å². The van der Waals surface area contributed by atoms with Gasteiger partial charge >= 0.3 is 5.69 Å². The summed E-state index contributed by atoms with van der Waals surface area (Å²) in [6, 6.07) is 5.30. The maximum atomic E-state index is 13.2. The molecule has 8 heteroatoms. The average molecular weight is 393 g/mol. The van der Waals surface area contributed by atoms with Crippen LogP contribution in [0.3, 0.4) is 0 Å². The van der Waals surface area contributed by atoms with E-state index < -0.39 is 17.3 Å². The Hall–Kier alpha value is -3.42. The third kappa shape index (κ3) is 2.59. The Morgan fingerprint density at radius 1 is 1.14 bits per heavy atom. The van der Waals surface area contributed by atoms with E-state index in [1.165, 1.54) is 11.5 Å². The standard InChI is InChI=1S/C21H23N5O3/c1-11-7-8-12(2)16(9-11)25-13(3)10-24-17-18(22-20(24)25)23(6)21(29)26(19(17)28)14(4)15(5)27/h7-10,14H,1-6H3/t14-/m0/s1. The van der Waals surface area contributed by atoms with E-state index in [4.69, 9.17) is 0 Å². The number of aryl methyl sites for hydroxylation is 4. The van der Waals surface area contributed by atoms with E-state index in [0.29, 0.717) is 11.4 Å². The highest BCUT2D eigenvalue weighted by atomic mass is 16.2. The molecule has 0 saturated carbocycles. The first-order valence-electron chi connectivity index (χ1n) is 9.43. The second-order valence-electron chi connectivity index (χ2n) is 7.65. The van der Waals surface area contributed by atoms with Crippen LogP contribution in [0.25, 0.3) is 22.6 Å². The van der Waals surface area contributed by atoms with E-state index in [0.717, 1.165) is 27.1 Å². The predicted molar refractivity (Wildman–Crippen MR) is 111 cm³/mol. The van der Waals surface area contributed by atoms with Crippen molar-refractivity contribution >= 4 is 22.7 Å². The Bertz CT molecular complexity index is 1430. The van der Waals surface area contributed by atoms with Gasteiger partial charge in [-0.2, -0.15) is 4.98 Å². The fourth-order valence-electron chi connectivity index (χ4n) is 3.76. The maximum absolute atomic E-state index is 13.2. The second kappa shape index (κ2) is 6.30. The number of carbonyl (C=O) groups excluding carboxylic acids is 1. The van der Waals surface area contributed by atoms with Crippen LogP contribution in [0.4, 0.5) is 0 Å². The third-order valence-electron chi connectivity index (χ3n) is 5.56. The van der Waals surface area contributed by atoms with Crippen LogP contribution in [0.5, 0.6) is 0 Å². The van der Waals surface area contributed by atoms with Crippen molar-refractivity contribution in [1.82, 2.24) is 23.1 Å². The van der Waals surface area contributed by atoms with Gasteiger partial charge in [0.15, 0.2) is 16.9 Å². The van der Waals surface area contributed by atoms with Crippen LogP contribution in [0.2, 0.25) is 0 Å². The lowest BCUT2D eigenvalue weighted by Gasteiger charge is -2.12. The number of hydrogen-bond donors (Lipinski definition) is 0. The Kier molecular flexibility index (Phi) is 4.11. The van der Waals surface area contributed by atoms with Gasteiger partial charge < -0.3 is 0 Å². The number of nitrogens with zero attached hydrogens (tertiary/aromatic N) is 5. The van der Waals surface area contributed by atoms with Crippen molar-refractivity contribution in [3.05, 3.63) is 62.1 Å². The summed E-state index contributed by atoms with van der Waals surface area (Å²) in [5.74, 6) is 0.292. The van der Waals surface area contributed by atoms with Crippen molar-refractivity contribution in [2.75, 3.05) is 0 Å². The van der Waals surface area contributed by atoms with Gasteiger partial charge in [0.25, 0.3) is 5.56 Å². The molecule has 0 bridgehead atoms. The highest BCUT2D eigenvalue weighted by Gasteiger charge is 2.24. The predicted octanol–water partition coefficient (Wildman–Crippen LogP) is 2.21. The number of fused-ring (bicyclic) bond motifs is 3. The first-order chi connectivity index (χ1) is 13.6. The molecule has 3 aromatic heterocycles. The molecule has 0 aliphatic heterocycles. The second-order valence-corrected chi connectivity index (χ2v) is 7.65. The SMILES string of the molecule is CC(=O)[C@H](C)n1c(=O)c2c(nc3n(-c4cc(C)ccc4C)c(C)cn23)n(C)c1=O. The van der Waals surface area contributed by atoms with Gasteiger partial charge in [0.2, 0.25) is 5.78 Å². The summed E-state index contributed by atoms with van der Waals surface area (Å²) in [4.78, 5) is 42.5. The van der Waals surface area contributed by atoms with Crippen molar-refractivity contribution in [1.29, 1.82) is 0 Å². The Morgan fingerprint density at radius 2 is 1.83 bits per heavy atom. The van der Waals surface area contributed by atoms with E-state index >= 15 is 0 Å². The van der Waals surface area contributed by atoms with Crippen molar-refractivity contribution < 1.29 is 4.79 Å². The Balaban J connectivity index is 2.17.